The summed E-state index contributed by atoms with van der Waals surface area (Å²) in [4.78, 5) is 33.4. The van der Waals surface area contributed by atoms with Crippen molar-refractivity contribution < 1.29 is 39.5 Å². The van der Waals surface area contributed by atoms with E-state index < -0.39 is 23.5 Å². The molecule has 4 aromatic rings. The van der Waals surface area contributed by atoms with Crippen molar-refractivity contribution in [2.75, 3.05) is 65.4 Å². The molecule has 2 atom stereocenters. The fraction of sp³-hybridized carbons (Fsp3) is 0.536. The number of aliphatic carboxylic acids is 2. The molecule has 0 bridgehead atoms. The third-order valence-corrected chi connectivity index (χ3v) is 16.9. The van der Waals surface area contributed by atoms with Gasteiger partial charge < -0.3 is 35.6 Å². The van der Waals surface area contributed by atoms with Crippen LogP contribution in [0.1, 0.15) is 87.5 Å². The highest BCUT2D eigenvalue weighted by molar-refractivity contribution is 6.42. The van der Waals surface area contributed by atoms with Gasteiger partial charge in [-0.25, -0.2) is 8.78 Å². The molecule has 5 N–H and O–H groups in total. The lowest BCUT2D eigenvalue weighted by Gasteiger charge is -2.43. The molecule has 0 radical (unpaired) electrons. The molecule has 11 nitrogen and oxygen atoms in total. The number of likely N-dealkylation sites (tertiary alicyclic amines) is 4. The number of halogens is 5. The summed E-state index contributed by atoms with van der Waals surface area (Å²) in [5, 5.41) is 21.7. The summed E-state index contributed by atoms with van der Waals surface area (Å²) in [5.74, 6) is 0.590. The molecule has 72 heavy (non-hydrogen) atoms. The molecule has 4 aliphatic heterocycles. The van der Waals surface area contributed by atoms with Gasteiger partial charge in [-0.1, -0.05) is 65.1 Å². The number of aryl methyl sites for hydroxylation is 1. The number of hydrogen-bond donors (Lipinski definition) is 3. The maximum Gasteiger partial charge on any atom is 0.324 e. The van der Waals surface area contributed by atoms with Gasteiger partial charge in [0.1, 0.15) is 46.9 Å². The van der Waals surface area contributed by atoms with Crippen molar-refractivity contribution >= 4 is 46.7 Å². The van der Waals surface area contributed by atoms with Gasteiger partial charge in [-0.2, -0.15) is 0 Å². The monoisotopic (exact) mass is 1060 g/mol. The number of hydrogen-bond acceptors (Lipinski definition) is 9. The van der Waals surface area contributed by atoms with Gasteiger partial charge in [-0.05, 0) is 183 Å². The lowest BCUT2D eigenvalue weighted by Crippen LogP contribution is -2.57. The van der Waals surface area contributed by atoms with Crippen LogP contribution >= 0.6 is 34.8 Å². The molecule has 0 amide bonds. The van der Waals surface area contributed by atoms with Crippen molar-refractivity contribution in [3.05, 3.63) is 127 Å². The Kier molecular flexibility index (Phi) is 21.0. The predicted molar refractivity (Wildman–Crippen MR) is 286 cm³/mol. The molecule has 4 aliphatic rings. The zero-order chi connectivity index (χ0) is 50.8. The zero-order valence-electron chi connectivity index (χ0n) is 42.4. The minimum atomic E-state index is -0.999. The highest BCUT2D eigenvalue weighted by Gasteiger charge is 2.42. The van der Waals surface area contributed by atoms with Gasteiger partial charge >= 0.3 is 11.9 Å². The van der Waals surface area contributed by atoms with E-state index in [9.17, 15) is 28.6 Å². The van der Waals surface area contributed by atoms with Crippen LogP contribution in [0.4, 0.5) is 8.78 Å². The van der Waals surface area contributed by atoms with Crippen LogP contribution in [0, 0.1) is 44.2 Å². The van der Waals surface area contributed by atoms with E-state index in [0.29, 0.717) is 34.7 Å². The molecule has 4 aromatic carbocycles. The lowest BCUT2D eigenvalue weighted by molar-refractivity contribution is -0.151. The second-order valence-corrected chi connectivity index (χ2v) is 21.7. The van der Waals surface area contributed by atoms with Gasteiger partial charge in [0.25, 0.3) is 0 Å². The van der Waals surface area contributed by atoms with Crippen LogP contribution in [0.2, 0.25) is 15.1 Å². The van der Waals surface area contributed by atoms with Gasteiger partial charge in [0.2, 0.25) is 0 Å². The first-order valence-corrected chi connectivity index (χ1v) is 26.5. The van der Waals surface area contributed by atoms with E-state index in [4.69, 9.17) is 44.3 Å². The second kappa shape index (κ2) is 26.4. The molecular weight excluding hydrogens is 983 g/mol. The molecule has 396 valence electrons. The van der Waals surface area contributed by atoms with Crippen LogP contribution in [0.5, 0.6) is 11.5 Å². The smallest absolute Gasteiger partial charge is 0.324 e. The van der Waals surface area contributed by atoms with Gasteiger partial charge in [0, 0.05) is 58.2 Å². The normalized spacial score (nSPS) is 19.6. The van der Waals surface area contributed by atoms with Crippen LogP contribution < -0.4 is 15.6 Å². The Morgan fingerprint density at radius 2 is 1.08 bits per heavy atom. The first kappa shape index (κ1) is 57.2. The SMILES string of the molecule is Cc1c(OC2CCN(CC3CCN([C@@](C)(Cc4ccc(F)cc4)C(=O)O)CC3)CC2)ccc(Cl)c1Cl.Cc1ccc(OC2CCN(CC3CCN([C@@H](Cc4ccc(F)cc4)C(=O)O)CC3)CC2)c(C)c1Cl.N.[HH]. The summed E-state index contributed by atoms with van der Waals surface area (Å²) >= 11 is 18.7. The molecular formula is C56H76Cl3F2N5O6. The third kappa shape index (κ3) is 15.3. The molecule has 0 spiro atoms. The Morgan fingerprint density at radius 3 is 1.56 bits per heavy atom. The van der Waals surface area contributed by atoms with E-state index in [1.165, 1.54) is 24.3 Å². The number of carboxylic acids is 2. The van der Waals surface area contributed by atoms with Crippen LogP contribution in [0.25, 0.3) is 0 Å². The molecule has 8 rings (SSSR count). The van der Waals surface area contributed by atoms with Gasteiger partial charge in [0.05, 0.1) is 15.1 Å². The standard InChI is InChI=1S/C28H35Cl2FN2O3.C28H36ClFN2O3.H3N.H2/c1-19-25(8-7-24(29)26(19)30)36-23-11-13-32(14-12-23)18-21-9-15-33(16-10-21)28(2,27(34)35)17-20-3-5-22(31)6-4-20;1-19-3-8-26(20(2)27(19)29)35-24-11-13-31(14-12-24)18-22-9-15-32(16-10-22)25(28(33)34)17-21-4-6-23(30)7-5-21;;/h3-8,21,23H,9-18H2,1-2H3,(H,34,35);3-8,22,24-25H,9-18H2,1-2H3,(H,33,34);1H3;1H/t28-;25-;;/m00../s1. The summed E-state index contributed by atoms with van der Waals surface area (Å²) in [6, 6.07) is 19.4. The van der Waals surface area contributed by atoms with Crippen molar-refractivity contribution in [3.8, 4) is 11.5 Å². The van der Waals surface area contributed by atoms with Crippen LogP contribution in [-0.4, -0.2) is 131 Å². The van der Waals surface area contributed by atoms with Crippen molar-refractivity contribution in [1.29, 1.82) is 0 Å². The van der Waals surface area contributed by atoms with E-state index in [0.717, 1.165) is 161 Å². The Labute approximate surface area is 441 Å². The first-order valence-electron chi connectivity index (χ1n) is 25.4. The summed E-state index contributed by atoms with van der Waals surface area (Å²) in [6.45, 7) is 16.9. The molecule has 0 unspecified atom stereocenters. The highest BCUT2D eigenvalue weighted by atomic mass is 35.5. The number of rotatable bonds is 16. The molecule has 0 saturated carbocycles. The van der Waals surface area contributed by atoms with E-state index in [-0.39, 0.29) is 31.4 Å². The minimum absolute atomic E-state index is 0. The number of benzene rings is 4. The lowest BCUT2D eigenvalue weighted by atomic mass is 9.86. The zero-order valence-corrected chi connectivity index (χ0v) is 44.6. The third-order valence-electron chi connectivity index (χ3n) is 15.5. The Hall–Kier alpha value is -4.05. The molecule has 0 aromatic heterocycles. The Balaban J connectivity index is 0.000000264. The van der Waals surface area contributed by atoms with E-state index >= 15 is 0 Å². The topological polar surface area (TPSA) is 141 Å². The van der Waals surface area contributed by atoms with Gasteiger partial charge in [-0.15, -0.1) is 0 Å². The summed E-state index contributed by atoms with van der Waals surface area (Å²) in [6.07, 6.45) is 9.05. The van der Waals surface area contributed by atoms with Crippen molar-refractivity contribution in [1.82, 2.24) is 25.8 Å². The van der Waals surface area contributed by atoms with E-state index in [1.807, 2.05) is 39.0 Å². The highest BCUT2D eigenvalue weighted by Crippen LogP contribution is 2.35. The van der Waals surface area contributed by atoms with Crippen LogP contribution in [-0.2, 0) is 22.4 Å². The van der Waals surface area contributed by atoms with E-state index in [1.54, 1.807) is 37.3 Å². The van der Waals surface area contributed by atoms with Crippen molar-refractivity contribution in [3.63, 3.8) is 0 Å². The average molecular weight is 1060 g/mol. The Bertz CT molecular complexity index is 2400. The second-order valence-electron chi connectivity index (χ2n) is 20.5. The fourth-order valence-corrected chi connectivity index (χ4v) is 11.3. The number of piperidine rings is 4. The number of ether oxygens (including phenoxy) is 2. The fourth-order valence-electron chi connectivity index (χ4n) is 10.8. The molecule has 16 heteroatoms. The number of nitrogens with zero attached hydrogens (tertiary/aromatic N) is 4. The van der Waals surface area contributed by atoms with Crippen LogP contribution in [0.15, 0.2) is 72.8 Å². The van der Waals surface area contributed by atoms with Gasteiger partial charge in [-0.3, -0.25) is 19.4 Å². The summed E-state index contributed by atoms with van der Waals surface area (Å²) in [5.41, 5.74) is 3.66. The maximum atomic E-state index is 13.3. The molecule has 4 fully saturated rings. The largest absolute Gasteiger partial charge is 0.490 e. The quantitative estimate of drug-likeness (QED) is 0.0987. The van der Waals surface area contributed by atoms with Gasteiger partial charge in [0.15, 0.2) is 0 Å². The molecule has 4 heterocycles. The van der Waals surface area contributed by atoms with Crippen molar-refractivity contribution in [2.24, 2.45) is 11.8 Å². The summed E-state index contributed by atoms with van der Waals surface area (Å²) < 4.78 is 39.0. The van der Waals surface area contributed by atoms with Crippen molar-refractivity contribution in [2.45, 2.75) is 116 Å². The van der Waals surface area contributed by atoms with Crippen LogP contribution in [0.3, 0.4) is 0 Å². The Morgan fingerprint density at radius 1 is 0.639 bits per heavy atom. The first-order chi connectivity index (χ1) is 33.9. The molecule has 4 saturated heterocycles. The molecule has 0 aliphatic carbocycles. The number of carboxylic acid groups (broad SMARTS) is 2. The average Bonchev–Trinajstić information content (AvgIpc) is 3.36. The minimum Gasteiger partial charge on any atom is -0.490 e. The summed E-state index contributed by atoms with van der Waals surface area (Å²) in [7, 11) is 0. The predicted octanol–water partition coefficient (Wildman–Crippen LogP) is 11.8. The number of carbonyl (C=O) groups is 2. The maximum absolute atomic E-state index is 13.3. The van der Waals surface area contributed by atoms with E-state index in [2.05, 4.69) is 19.6 Å².